The summed E-state index contributed by atoms with van der Waals surface area (Å²) in [6.45, 7) is 1.75. The third kappa shape index (κ3) is 7.48. The Morgan fingerprint density at radius 3 is 2.47 bits per heavy atom. The van der Waals surface area contributed by atoms with Crippen LogP contribution in [-0.2, 0) is 21.4 Å². The van der Waals surface area contributed by atoms with Gasteiger partial charge in [-0.2, -0.15) is 5.10 Å². The van der Waals surface area contributed by atoms with E-state index in [1.165, 1.54) is 12.3 Å². The largest absolute Gasteiger partial charge is 0.489 e. The average Bonchev–Trinajstić information content (AvgIpc) is 2.78. The molecule has 0 saturated carbocycles. The van der Waals surface area contributed by atoms with Crippen LogP contribution in [0.1, 0.15) is 16.7 Å². The fourth-order valence-electron chi connectivity index (χ4n) is 2.93. The molecule has 0 spiro atoms. The predicted octanol–water partition coefficient (Wildman–Crippen LogP) is 4.80. The van der Waals surface area contributed by atoms with Crippen LogP contribution in [0.3, 0.4) is 0 Å². The number of benzene rings is 3. The summed E-state index contributed by atoms with van der Waals surface area (Å²) >= 11 is 12.1. The van der Waals surface area contributed by atoms with Gasteiger partial charge in [0.2, 0.25) is 10.0 Å². The average molecular weight is 520 g/mol. The molecule has 3 rings (SSSR count). The second kappa shape index (κ2) is 11.4. The van der Waals surface area contributed by atoms with Gasteiger partial charge in [0.05, 0.1) is 18.2 Å². The summed E-state index contributed by atoms with van der Waals surface area (Å²) in [6, 6.07) is 19.3. The number of carbonyl (C=O) groups excluding carboxylic acids is 1. The number of rotatable bonds is 9. The van der Waals surface area contributed by atoms with Crippen molar-refractivity contribution in [2.75, 3.05) is 17.1 Å². The van der Waals surface area contributed by atoms with Crippen LogP contribution in [0.4, 0.5) is 5.69 Å². The first-order valence-corrected chi connectivity index (χ1v) is 12.8. The van der Waals surface area contributed by atoms with Gasteiger partial charge in [-0.1, -0.05) is 41.4 Å². The molecule has 0 heterocycles. The molecule has 0 saturated heterocycles. The lowest BCUT2D eigenvalue weighted by Gasteiger charge is -2.21. The third-order valence-corrected chi connectivity index (χ3v) is 6.49. The van der Waals surface area contributed by atoms with Gasteiger partial charge in [0.1, 0.15) is 18.9 Å². The maximum Gasteiger partial charge on any atom is 0.260 e. The number of ether oxygens (including phenoxy) is 1. The van der Waals surface area contributed by atoms with Crippen LogP contribution in [0.15, 0.2) is 71.8 Å². The van der Waals surface area contributed by atoms with E-state index >= 15 is 0 Å². The summed E-state index contributed by atoms with van der Waals surface area (Å²) in [5.41, 5.74) is 5.12. The van der Waals surface area contributed by atoms with E-state index in [1.807, 2.05) is 18.2 Å². The standard InChI is InChI=1S/C24H23Cl2N3O4S/c1-17-6-9-21(13-23(17)26)29(34(2,31)32)15-24(30)28-27-14-18-7-10-22(11-8-18)33-16-19-4-3-5-20(25)12-19/h3-14H,15-16H2,1-2H3,(H,28,30)/b27-14-. The summed E-state index contributed by atoms with van der Waals surface area (Å²) < 4.78 is 31.1. The lowest BCUT2D eigenvalue weighted by atomic mass is 10.2. The molecular formula is C24H23Cl2N3O4S. The zero-order valence-corrected chi connectivity index (χ0v) is 20.9. The number of hydrogen-bond acceptors (Lipinski definition) is 5. The third-order valence-electron chi connectivity index (χ3n) is 4.71. The van der Waals surface area contributed by atoms with Crippen molar-refractivity contribution in [3.63, 3.8) is 0 Å². The Labute approximate surface area is 209 Å². The van der Waals surface area contributed by atoms with Gasteiger partial charge >= 0.3 is 0 Å². The monoisotopic (exact) mass is 519 g/mol. The zero-order chi connectivity index (χ0) is 24.7. The first-order chi connectivity index (χ1) is 16.1. The van der Waals surface area contributed by atoms with E-state index in [-0.39, 0.29) is 0 Å². The molecule has 0 atom stereocenters. The molecule has 7 nitrogen and oxygen atoms in total. The highest BCUT2D eigenvalue weighted by atomic mass is 35.5. The van der Waals surface area contributed by atoms with Crippen molar-refractivity contribution in [1.82, 2.24) is 5.43 Å². The van der Waals surface area contributed by atoms with Crippen LogP contribution in [0.2, 0.25) is 10.0 Å². The topological polar surface area (TPSA) is 88.1 Å². The normalized spacial score (nSPS) is 11.4. The molecule has 0 aliphatic heterocycles. The molecule has 1 N–H and O–H groups in total. The van der Waals surface area contributed by atoms with Gasteiger partial charge in [-0.3, -0.25) is 9.10 Å². The van der Waals surface area contributed by atoms with Gasteiger partial charge in [0, 0.05) is 10.0 Å². The fourth-order valence-corrected chi connectivity index (χ4v) is 4.16. The van der Waals surface area contributed by atoms with Crippen molar-refractivity contribution in [3.05, 3.63) is 93.5 Å². The summed E-state index contributed by atoms with van der Waals surface area (Å²) in [5.74, 6) is 0.0709. The van der Waals surface area contributed by atoms with Crippen LogP contribution in [-0.4, -0.2) is 33.3 Å². The van der Waals surface area contributed by atoms with Crippen molar-refractivity contribution in [3.8, 4) is 5.75 Å². The van der Waals surface area contributed by atoms with E-state index in [1.54, 1.807) is 49.4 Å². The number of amides is 1. The van der Waals surface area contributed by atoms with Crippen LogP contribution in [0.5, 0.6) is 5.75 Å². The number of anilines is 1. The van der Waals surface area contributed by atoms with Crippen LogP contribution in [0.25, 0.3) is 0 Å². The van der Waals surface area contributed by atoms with Crippen LogP contribution in [0, 0.1) is 6.92 Å². The Kier molecular flexibility index (Phi) is 8.55. The zero-order valence-electron chi connectivity index (χ0n) is 18.5. The first-order valence-electron chi connectivity index (χ1n) is 10.1. The van der Waals surface area contributed by atoms with Crippen LogP contribution >= 0.6 is 23.2 Å². The van der Waals surface area contributed by atoms with Gasteiger partial charge in [0.25, 0.3) is 5.91 Å². The Morgan fingerprint density at radius 1 is 1.09 bits per heavy atom. The highest BCUT2D eigenvalue weighted by Gasteiger charge is 2.21. The van der Waals surface area contributed by atoms with Gasteiger partial charge in [-0.05, 0) is 72.1 Å². The van der Waals surface area contributed by atoms with Gasteiger partial charge in [0.15, 0.2) is 0 Å². The SMILES string of the molecule is Cc1ccc(N(CC(=O)N/N=C\c2ccc(OCc3cccc(Cl)c3)cc2)S(C)(=O)=O)cc1Cl. The Hall–Kier alpha value is -3.07. The van der Waals surface area contributed by atoms with Crippen molar-refractivity contribution >= 4 is 51.0 Å². The maximum atomic E-state index is 12.3. The minimum atomic E-state index is -3.71. The summed E-state index contributed by atoms with van der Waals surface area (Å²) in [5, 5.41) is 4.96. The van der Waals surface area contributed by atoms with Crippen molar-refractivity contribution in [2.45, 2.75) is 13.5 Å². The first kappa shape index (κ1) is 25.6. The quantitative estimate of drug-likeness (QED) is 0.325. The van der Waals surface area contributed by atoms with Gasteiger partial charge in [-0.15, -0.1) is 0 Å². The number of nitrogens with zero attached hydrogens (tertiary/aromatic N) is 2. The van der Waals surface area contributed by atoms with E-state index in [0.29, 0.717) is 28.1 Å². The smallest absolute Gasteiger partial charge is 0.260 e. The van der Waals surface area contributed by atoms with Crippen molar-refractivity contribution in [1.29, 1.82) is 0 Å². The fraction of sp³-hybridized carbons (Fsp3) is 0.167. The summed E-state index contributed by atoms with van der Waals surface area (Å²) in [4.78, 5) is 12.3. The Bertz CT molecular complexity index is 1300. The summed E-state index contributed by atoms with van der Waals surface area (Å²) in [7, 11) is -3.71. The van der Waals surface area contributed by atoms with Gasteiger partial charge in [-0.25, -0.2) is 13.8 Å². The molecular weight excluding hydrogens is 497 g/mol. The van der Waals surface area contributed by atoms with E-state index in [4.69, 9.17) is 27.9 Å². The number of carbonyl (C=O) groups is 1. The number of sulfonamides is 1. The second-order valence-corrected chi connectivity index (χ2v) is 10.2. The number of halogens is 2. The Morgan fingerprint density at radius 2 is 1.82 bits per heavy atom. The molecule has 178 valence electrons. The lowest BCUT2D eigenvalue weighted by molar-refractivity contribution is -0.119. The number of nitrogens with one attached hydrogen (secondary N) is 1. The van der Waals surface area contributed by atoms with Crippen LogP contribution < -0.4 is 14.5 Å². The minimum Gasteiger partial charge on any atom is -0.489 e. The number of hydrogen-bond donors (Lipinski definition) is 1. The molecule has 0 unspecified atom stereocenters. The minimum absolute atomic E-state index is 0.297. The molecule has 3 aromatic carbocycles. The highest BCUT2D eigenvalue weighted by Crippen LogP contribution is 2.24. The molecule has 0 bridgehead atoms. The molecule has 0 radical (unpaired) electrons. The Balaban J connectivity index is 1.56. The van der Waals surface area contributed by atoms with Crippen molar-refractivity contribution < 1.29 is 17.9 Å². The molecule has 0 aliphatic carbocycles. The summed E-state index contributed by atoms with van der Waals surface area (Å²) in [6.07, 6.45) is 2.47. The van der Waals surface area contributed by atoms with Gasteiger partial charge < -0.3 is 4.74 Å². The number of hydrazone groups is 1. The molecule has 1 amide bonds. The molecule has 34 heavy (non-hydrogen) atoms. The molecule has 0 aliphatic rings. The van der Waals surface area contributed by atoms with E-state index < -0.39 is 22.5 Å². The second-order valence-electron chi connectivity index (χ2n) is 7.48. The predicted molar refractivity (Wildman–Crippen MR) is 136 cm³/mol. The molecule has 10 heteroatoms. The number of aryl methyl sites for hydroxylation is 1. The van der Waals surface area contributed by atoms with E-state index in [2.05, 4.69) is 10.5 Å². The maximum absolute atomic E-state index is 12.3. The lowest BCUT2D eigenvalue weighted by Crippen LogP contribution is -2.39. The van der Waals surface area contributed by atoms with E-state index in [0.717, 1.165) is 27.3 Å². The highest BCUT2D eigenvalue weighted by molar-refractivity contribution is 7.92. The molecule has 0 fully saturated rings. The van der Waals surface area contributed by atoms with E-state index in [9.17, 15) is 13.2 Å². The van der Waals surface area contributed by atoms with Crippen molar-refractivity contribution in [2.24, 2.45) is 5.10 Å². The molecule has 3 aromatic rings. The molecule has 0 aromatic heterocycles.